The summed E-state index contributed by atoms with van der Waals surface area (Å²) in [6, 6.07) is 0. The molecule has 0 saturated carbocycles. The number of ether oxygens (including phenoxy) is 1. The second-order valence-electron chi connectivity index (χ2n) is 5.16. The van der Waals surface area contributed by atoms with Crippen LogP contribution in [0.1, 0.15) is 27.2 Å². The van der Waals surface area contributed by atoms with Gasteiger partial charge in [-0.25, -0.2) is 0 Å². The largest absolute Gasteiger partial charge is 0.480 e. The monoisotopic (exact) mass is 272 g/mol. The Morgan fingerprint density at radius 1 is 1.26 bits per heavy atom. The minimum atomic E-state index is -0.898. The number of carboxylic acid groups (broad SMARTS) is 1. The van der Waals surface area contributed by atoms with Gasteiger partial charge in [-0.1, -0.05) is 6.92 Å². The molecule has 6 heteroatoms. The van der Waals surface area contributed by atoms with E-state index < -0.39 is 5.97 Å². The Morgan fingerprint density at radius 3 is 2.32 bits per heavy atom. The van der Waals surface area contributed by atoms with Crippen molar-refractivity contribution >= 4 is 11.9 Å². The van der Waals surface area contributed by atoms with Crippen molar-refractivity contribution in [3.63, 3.8) is 0 Å². The number of rotatable bonds is 6. The number of carbonyl (C=O) groups is 2. The molecular weight excluding hydrogens is 248 g/mol. The Labute approximate surface area is 114 Å². The van der Waals surface area contributed by atoms with Crippen LogP contribution in [0.15, 0.2) is 0 Å². The summed E-state index contributed by atoms with van der Waals surface area (Å²) in [6.45, 7) is 7.71. The highest BCUT2D eigenvalue weighted by molar-refractivity contribution is 5.79. The maximum Gasteiger partial charge on any atom is 0.317 e. The van der Waals surface area contributed by atoms with Crippen LogP contribution in [-0.4, -0.2) is 71.7 Å². The summed E-state index contributed by atoms with van der Waals surface area (Å²) in [5.41, 5.74) is 0. The van der Waals surface area contributed by atoms with Gasteiger partial charge in [0.25, 0.3) is 0 Å². The molecule has 110 valence electrons. The number of carbonyl (C=O) groups excluding carboxylic acids is 1. The fourth-order valence-corrected chi connectivity index (χ4v) is 2.39. The summed E-state index contributed by atoms with van der Waals surface area (Å²) in [4.78, 5) is 26.4. The topological polar surface area (TPSA) is 70.1 Å². The first-order chi connectivity index (χ1) is 8.92. The van der Waals surface area contributed by atoms with Crippen molar-refractivity contribution in [1.29, 1.82) is 0 Å². The third kappa shape index (κ3) is 5.57. The van der Waals surface area contributed by atoms with Crippen LogP contribution in [0.3, 0.4) is 0 Å². The third-order valence-corrected chi connectivity index (χ3v) is 3.03. The van der Waals surface area contributed by atoms with Crippen molar-refractivity contribution in [3.05, 3.63) is 0 Å². The van der Waals surface area contributed by atoms with Crippen LogP contribution in [0.2, 0.25) is 0 Å². The van der Waals surface area contributed by atoms with Crippen LogP contribution in [0.5, 0.6) is 0 Å². The highest BCUT2D eigenvalue weighted by Crippen LogP contribution is 2.11. The first-order valence-electron chi connectivity index (χ1n) is 6.79. The fourth-order valence-electron chi connectivity index (χ4n) is 2.39. The van der Waals surface area contributed by atoms with E-state index >= 15 is 0 Å². The molecule has 0 aromatic carbocycles. The molecule has 0 aromatic rings. The zero-order chi connectivity index (χ0) is 14.4. The van der Waals surface area contributed by atoms with Gasteiger partial charge in [0.05, 0.1) is 25.3 Å². The Balaban J connectivity index is 2.52. The smallest absolute Gasteiger partial charge is 0.317 e. The molecule has 1 saturated heterocycles. The highest BCUT2D eigenvalue weighted by atomic mass is 16.5. The van der Waals surface area contributed by atoms with Crippen LogP contribution in [0.4, 0.5) is 0 Å². The Morgan fingerprint density at radius 2 is 1.84 bits per heavy atom. The molecule has 19 heavy (non-hydrogen) atoms. The Hall–Kier alpha value is -1.14. The predicted molar refractivity (Wildman–Crippen MR) is 71.0 cm³/mol. The number of nitrogens with zero attached hydrogens (tertiary/aromatic N) is 2. The molecule has 1 rings (SSSR count). The van der Waals surface area contributed by atoms with Gasteiger partial charge in [-0.15, -0.1) is 0 Å². The maximum atomic E-state index is 12.2. The van der Waals surface area contributed by atoms with Crippen LogP contribution < -0.4 is 0 Å². The molecule has 1 amide bonds. The van der Waals surface area contributed by atoms with Crippen molar-refractivity contribution in [3.8, 4) is 0 Å². The first kappa shape index (κ1) is 15.9. The first-order valence-corrected chi connectivity index (χ1v) is 6.79. The SMILES string of the molecule is CCCN(CC(=O)O)CC(=O)N1CC(C)OC(C)C1. The average Bonchev–Trinajstić information content (AvgIpc) is 2.26. The third-order valence-electron chi connectivity index (χ3n) is 3.03. The lowest BCUT2D eigenvalue weighted by molar-refractivity contribution is -0.145. The number of hydrogen-bond acceptors (Lipinski definition) is 4. The molecule has 1 fully saturated rings. The molecule has 6 nitrogen and oxygen atoms in total. The molecule has 1 aliphatic rings. The number of carboxylic acids is 1. The van der Waals surface area contributed by atoms with Gasteiger partial charge in [0.1, 0.15) is 0 Å². The van der Waals surface area contributed by atoms with Crippen molar-refractivity contribution in [1.82, 2.24) is 9.80 Å². The van der Waals surface area contributed by atoms with E-state index in [0.29, 0.717) is 19.6 Å². The minimum Gasteiger partial charge on any atom is -0.480 e. The van der Waals surface area contributed by atoms with Crippen molar-refractivity contribution in [2.45, 2.75) is 39.4 Å². The lowest BCUT2D eigenvalue weighted by Crippen LogP contribution is -2.51. The standard InChI is InChI=1S/C13H24N2O4/c1-4-5-14(9-13(17)18)8-12(16)15-6-10(2)19-11(3)7-15/h10-11H,4-9H2,1-3H3,(H,17,18). The van der Waals surface area contributed by atoms with E-state index in [0.717, 1.165) is 6.42 Å². The molecular formula is C13H24N2O4. The van der Waals surface area contributed by atoms with E-state index in [1.807, 2.05) is 20.8 Å². The van der Waals surface area contributed by atoms with Gasteiger partial charge in [0.2, 0.25) is 5.91 Å². The van der Waals surface area contributed by atoms with Crippen LogP contribution in [0.25, 0.3) is 0 Å². The highest BCUT2D eigenvalue weighted by Gasteiger charge is 2.27. The van der Waals surface area contributed by atoms with Crippen LogP contribution in [0, 0.1) is 0 Å². The Kier molecular flexibility index (Phi) is 6.24. The van der Waals surface area contributed by atoms with Gasteiger partial charge in [-0.05, 0) is 26.8 Å². The van der Waals surface area contributed by atoms with Gasteiger partial charge >= 0.3 is 5.97 Å². The summed E-state index contributed by atoms with van der Waals surface area (Å²) in [5.74, 6) is -0.915. The number of aliphatic carboxylic acids is 1. The van der Waals surface area contributed by atoms with E-state index in [-0.39, 0.29) is 31.2 Å². The predicted octanol–water partition coefficient (Wildman–Crippen LogP) is 0.419. The van der Waals surface area contributed by atoms with Crippen LogP contribution >= 0.6 is 0 Å². The van der Waals surface area contributed by atoms with Crippen molar-refractivity contribution in [2.24, 2.45) is 0 Å². The fraction of sp³-hybridized carbons (Fsp3) is 0.846. The number of morpholine rings is 1. The molecule has 0 aliphatic carbocycles. The quantitative estimate of drug-likeness (QED) is 0.759. The van der Waals surface area contributed by atoms with E-state index in [2.05, 4.69) is 0 Å². The number of amides is 1. The molecule has 0 spiro atoms. The summed E-state index contributed by atoms with van der Waals surface area (Å²) >= 11 is 0. The van der Waals surface area contributed by atoms with E-state index in [4.69, 9.17) is 9.84 Å². The molecule has 1 heterocycles. The molecule has 1 N–H and O–H groups in total. The second kappa shape index (κ2) is 7.45. The lowest BCUT2D eigenvalue weighted by atomic mass is 10.2. The number of hydrogen-bond donors (Lipinski definition) is 1. The zero-order valence-corrected chi connectivity index (χ0v) is 12.0. The van der Waals surface area contributed by atoms with Gasteiger partial charge < -0.3 is 14.7 Å². The van der Waals surface area contributed by atoms with Gasteiger partial charge in [-0.2, -0.15) is 0 Å². The summed E-state index contributed by atoms with van der Waals surface area (Å²) in [6.07, 6.45) is 0.898. The summed E-state index contributed by atoms with van der Waals surface area (Å²) in [5, 5.41) is 8.83. The second-order valence-corrected chi connectivity index (χ2v) is 5.16. The minimum absolute atomic E-state index is 0.0169. The normalized spacial score (nSPS) is 23.7. The summed E-state index contributed by atoms with van der Waals surface area (Å²) < 4.78 is 5.58. The van der Waals surface area contributed by atoms with E-state index in [1.54, 1.807) is 9.80 Å². The van der Waals surface area contributed by atoms with E-state index in [1.165, 1.54) is 0 Å². The van der Waals surface area contributed by atoms with Crippen molar-refractivity contribution < 1.29 is 19.4 Å². The van der Waals surface area contributed by atoms with E-state index in [9.17, 15) is 9.59 Å². The molecule has 2 unspecified atom stereocenters. The van der Waals surface area contributed by atoms with Crippen molar-refractivity contribution in [2.75, 3.05) is 32.7 Å². The maximum absolute atomic E-state index is 12.2. The summed E-state index contributed by atoms with van der Waals surface area (Å²) in [7, 11) is 0. The molecule has 1 aliphatic heterocycles. The molecule has 2 atom stereocenters. The lowest BCUT2D eigenvalue weighted by Gasteiger charge is -2.36. The molecule has 0 radical (unpaired) electrons. The Bertz CT molecular complexity index is 312. The van der Waals surface area contributed by atoms with Gasteiger partial charge in [-0.3, -0.25) is 14.5 Å². The zero-order valence-electron chi connectivity index (χ0n) is 12.0. The van der Waals surface area contributed by atoms with Gasteiger partial charge in [0, 0.05) is 13.1 Å². The molecule has 0 aromatic heterocycles. The van der Waals surface area contributed by atoms with Gasteiger partial charge in [0.15, 0.2) is 0 Å². The van der Waals surface area contributed by atoms with Crippen LogP contribution in [-0.2, 0) is 14.3 Å². The molecule has 0 bridgehead atoms. The average molecular weight is 272 g/mol.